The number of nitrogens with zero attached hydrogens (tertiary/aromatic N) is 4. The van der Waals surface area contributed by atoms with Crippen LogP contribution in [0.2, 0.25) is 5.02 Å². The SMILES string of the molecule is CCCNc1c(N=Nc2ccc(Cl)cc2)c(N)nc(=O)n1C. The molecule has 0 radical (unpaired) electrons. The summed E-state index contributed by atoms with van der Waals surface area (Å²) >= 11 is 5.82. The van der Waals surface area contributed by atoms with Crippen LogP contribution in [0.4, 0.5) is 23.0 Å². The molecule has 0 aliphatic rings. The third-order valence-corrected chi connectivity index (χ3v) is 3.19. The van der Waals surface area contributed by atoms with Crippen molar-refractivity contribution in [2.75, 3.05) is 17.6 Å². The second kappa shape index (κ2) is 7.04. The third-order valence-electron chi connectivity index (χ3n) is 2.94. The lowest BCUT2D eigenvalue weighted by Crippen LogP contribution is -2.24. The Morgan fingerprint density at radius 2 is 2.00 bits per heavy atom. The summed E-state index contributed by atoms with van der Waals surface area (Å²) in [5.74, 6) is 0.538. The second-order valence-corrected chi connectivity index (χ2v) is 5.08. The number of rotatable bonds is 5. The molecule has 2 rings (SSSR count). The van der Waals surface area contributed by atoms with Gasteiger partial charge in [-0.1, -0.05) is 18.5 Å². The van der Waals surface area contributed by atoms with Gasteiger partial charge in [0.1, 0.15) is 5.82 Å². The molecule has 116 valence electrons. The van der Waals surface area contributed by atoms with Crippen LogP contribution in [0, 0.1) is 0 Å². The van der Waals surface area contributed by atoms with Crippen LogP contribution >= 0.6 is 11.6 Å². The van der Waals surface area contributed by atoms with E-state index in [1.807, 2.05) is 6.92 Å². The normalized spacial score (nSPS) is 11.0. The summed E-state index contributed by atoms with van der Waals surface area (Å²) < 4.78 is 1.36. The molecular formula is C14H17ClN6O. The van der Waals surface area contributed by atoms with Gasteiger partial charge in [0.25, 0.3) is 0 Å². The standard InChI is InChI=1S/C14H17ClN6O/c1-3-8-17-13-11(12(16)18-14(22)21(13)2)20-19-10-6-4-9(15)5-7-10/h4-7,17H,3,8H2,1-2H3,(H2,16,18,22). The van der Waals surface area contributed by atoms with Gasteiger partial charge in [-0.15, -0.1) is 5.11 Å². The average molecular weight is 321 g/mol. The van der Waals surface area contributed by atoms with Crippen molar-refractivity contribution in [3.05, 3.63) is 39.8 Å². The van der Waals surface area contributed by atoms with Gasteiger partial charge in [0.2, 0.25) is 0 Å². The molecule has 0 spiro atoms. The van der Waals surface area contributed by atoms with E-state index in [-0.39, 0.29) is 5.82 Å². The lowest BCUT2D eigenvalue weighted by Gasteiger charge is -2.12. The molecule has 0 bridgehead atoms. The van der Waals surface area contributed by atoms with Crippen molar-refractivity contribution in [1.82, 2.24) is 9.55 Å². The molecule has 2 aromatic rings. The Hall–Kier alpha value is -2.41. The van der Waals surface area contributed by atoms with Crippen LogP contribution in [0.5, 0.6) is 0 Å². The van der Waals surface area contributed by atoms with E-state index in [4.69, 9.17) is 17.3 Å². The van der Waals surface area contributed by atoms with E-state index in [9.17, 15) is 4.79 Å². The molecule has 7 nitrogen and oxygen atoms in total. The Kier molecular flexibility index (Phi) is 5.11. The van der Waals surface area contributed by atoms with Gasteiger partial charge in [-0.05, 0) is 30.7 Å². The largest absolute Gasteiger partial charge is 0.382 e. The van der Waals surface area contributed by atoms with Gasteiger partial charge in [-0.25, -0.2) is 4.79 Å². The van der Waals surface area contributed by atoms with Gasteiger partial charge < -0.3 is 11.1 Å². The maximum atomic E-state index is 11.7. The van der Waals surface area contributed by atoms with Crippen molar-refractivity contribution in [2.24, 2.45) is 17.3 Å². The van der Waals surface area contributed by atoms with Crippen molar-refractivity contribution in [3.63, 3.8) is 0 Å². The van der Waals surface area contributed by atoms with Crippen LogP contribution in [0.25, 0.3) is 0 Å². The Bertz CT molecular complexity index is 738. The zero-order valence-corrected chi connectivity index (χ0v) is 13.1. The quantitative estimate of drug-likeness (QED) is 0.826. The summed E-state index contributed by atoms with van der Waals surface area (Å²) in [6.07, 6.45) is 0.893. The molecular weight excluding hydrogens is 304 g/mol. The first kappa shape index (κ1) is 16.0. The highest BCUT2D eigenvalue weighted by atomic mass is 35.5. The summed E-state index contributed by atoms with van der Waals surface area (Å²) in [5, 5.41) is 12.0. The number of halogens is 1. The summed E-state index contributed by atoms with van der Waals surface area (Å²) in [5.41, 5.74) is 6.33. The van der Waals surface area contributed by atoms with Gasteiger partial charge in [0.05, 0.1) is 5.69 Å². The van der Waals surface area contributed by atoms with Crippen molar-refractivity contribution in [3.8, 4) is 0 Å². The zero-order valence-electron chi connectivity index (χ0n) is 12.4. The number of hydrogen-bond acceptors (Lipinski definition) is 6. The van der Waals surface area contributed by atoms with E-state index < -0.39 is 5.69 Å². The minimum absolute atomic E-state index is 0.0411. The minimum Gasteiger partial charge on any atom is -0.382 e. The Morgan fingerprint density at radius 3 is 2.64 bits per heavy atom. The fourth-order valence-electron chi connectivity index (χ4n) is 1.77. The van der Waals surface area contributed by atoms with Gasteiger partial charge >= 0.3 is 5.69 Å². The van der Waals surface area contributed by atoms with Crippen molar-refractivity contribution in [1.29, 1.82) is 0 Å². The number of nitrogens with two attached hydrogens (primary N) is 1. The lowest BCUT2D eigenvalue weighted by molar-refractivity contribution is 0.806. The van der Waals surface area contributed by atoms with Crippen LogP contribution < -0.4 is 16.7 Å². The van der Waals surface area contributed by atoms with E-state index in [0.717, 1.165) is 6.42 Å². The van der Waals surface area contributed by atoms with Crippen molar-refractivity contribution >= 4 is 34.6 Å². The number of nitrogens with one attached hydrogen (secondary N) is 1. The van der Waals surface area contributed by atoms with Gasteiger partial charge in [0.15, 0.2) is 11.5 Å². The molecule has 0 saturated carbocycles. The van der Waals surface area contributed by atoms with Gasteiger partial charge in [0, 0.05) is 18.6 Å². The molecule has 3 N–H and O–H groups in total. The monoisotopic (exact) mass is 320 g/mol. The van der Waals surface area contributed by atoms with E-state index in [1.165, 1.54) is 4.57 Å². The van der Waals surface area contributed by atoms with Crippen molar-refractivity contribution < 1.29 is 0 Å². The molecule has 1 aromatic heterocycles. The molecule has 0 atom stereocenters. The Balaban J connectivity index is 2.42. The summed E-state index contributed by atoms with van der Waals surface area (Å²) in [6.45, 7) is 2.70. The van der Waals surface area contributed by atoms with Crippen LogP contribution in [-0.2, 0) is 7.05 Å². The lowest BCUT2D eigenvalue weighted by atomic mass is 10.3. The number of azo groups is 1. The number of hydrogen-bond donors (Lipinski definition) is 2. The highest BCUT2D eigenvalue weighted by molar-refractivity contribution is 6.30. The van der Waals surface area contributed by atoms with Crippen LogP contribution in [0.15, 0.2) is 39.3 Å². The zero-order chi connectivity index (χ0) is 16.1. The molecule has 0 aliphatic heterocycles. The first-order valence-electron chi connectivity index (χ1n) is 6.80. The summed E-state index contributed by atoms with van der Waals surface area (Å²) in [7, 11) is 1.61. The summed E-state index contributed by atoms with van der Waals surface area (Å²) in [6, 6.07) is 6.90. The maximum absolute atomic E-state index is 11.7. The number of anilines is 2. The molecule has 0 fully saturated rings. The van der Waals surface area contributed by atoms with E-state index in [0.29, 0.717) is 28.8 Å². The van der Waals surface area contributed by atoms with Crippen LogP contribution in [0.1, 0.15) is 13.3 Å². The predicted octanol–water partition coefficient (Wildman–Crippen LogP) is 3.25. The minimum atomic E-state index is -0.443. The first-order valence-corrected chi connectivity index (χ1v) is 7.18. The second-order valence-electron chi connectivity index (χ2n) is 4.64. The Morgan fingerprint density at radius 1 is 1.32 bits per heavy atom. The highest BCUT2D eigenvalue weighted by Crippen LogP contribution is 2.30. The molecule has 8 heteroatoms. The highest BCUT2D eigenvalue weighted by Gasteiger charge is 2.13. The smallest absolute Gasteiger partial charge is 0.350 e. The fraction of sp³-hybridized carbons (Fsp3) is 0.286. The molecule has 22 heavy (non-hydrogen) atoms. The van der Waals surface area contributed by atoms with E-state index >= 15 is 0 Å². The van der Waals surface area contributed by atoms with E-state index in [1.54, 1.807) is 31.3 Å². The van der Waals surface area contributed by atoms with Crippen molar-refractivity contribution in [2.45, 2.75) is 13.3 Å². The van der Waals surface area contributed by atoms with Crippen LogP contribution in [-0.4, -0.2) is 16.1 Å². The topological polar surface area (TPSA) is 97.7 Å². The number of benzene rings is 1. The predicted molar refractivity (Wildman–Crippen MR) is 88.3 cm³/mol. The van der Waals surface area contributed by atoms with E-state index in [2.05, 4.69) is 20.5 Å². The number of nitrogen functional groups attached to an aromatic ring is 1. The third kappa shape index (κ3) is 3.62. The average Bonchev–Trinajstić information content (AvgIpc) is 2.50. The first-order chi connectivity index (χ1) is 10.5. The molecule has 1 heterocycles. The maximum Gasteiger partial charge on any atom is 0.350 e. The van der Waals surface area contributed by atoms with Gasteiger partial charge in [-0.3, -0.25) is 4.57 Å². The van der Waals surface area contributed by atoms with Gasteiger partial charge in [-0.2, -0.15) is 10.1 Å². The van der Waals surface area contributed by atoms with Crippen LogP contribution in [0.3, 0.4) is 0 Å². The summed E-state index contributed by atoms with van der Waals surface area (Å²) in [4.78, 5) is 15.5. The number of aromatic nitrogens is 2. The molecule has 0 amide bonds. The molecule has 0 aliphatic carbocycles. The molecule has 1 aromatic carbocycles. The Labute approximate surface area is 132 Å². The molecule has 0 unspecified atom stereocenters. The molecule has 0 saturated heterocycles. The fourth-order valence-corrected chi connectivity index (χ4v) is 1.89.